The van der Waals surface area contributed by atoms with Crippen molar-refractivity contribution in [3.8, 4) is 11.3 Å². The van der Waals surface area contributed by atoms with E-state index in [2.05, 4.69) is 54.2 Å². The Morgan fingerprint density at radius 1 is 1.29 bits per heavy atom. The molecule has 3 nitrogen and oxygen atoms in total. The van der Waals surface area contributed by atoms with E-state index in [1.165, 1.54) is 29.7 Å². The van der Waals surface area contributed by atoms with Crippen molar-refractivity contribution in [2.24, 2.45) is 5.92 Å². The Balaban J connectivity index is 1.93. The van der Waals surface area contributed by atoms with Crippen LogP contribution in [0.2, 0.25) is 0 Å². The Kier molecular flexibility index (Phi) is 4.39. The minimum atomic E-state index is 0.500. The van der Waals surface area contributed by atoms with Gasteiger partial charge in [0.2, 0.25) is 0 Å². The van der Waals surface area contributed by atoms with Crippen LogP contribution in [0.1, 0.15) is 44.7 Å². The van der Waals surface area contributed by atoms with Gasteiger partial charge in [0.25, 0.3) is 0 Å². The van der Waals surface area contributed by atoms with E-state index in [0.717, 1.165) is 25.4 Å². The van der Waals surface area contributed by atoms with Crippen LogP contribution in [0, 0.1) is 5.92 Å². The lowest BCUT2D eigenvalue weighted by molar-refractivity contribution is 0.444. The summed E-state index contributed by atoms with van der Waals surface area (Å²) in [6.45, 7) is 6.46. The highest BCUT2D eigenvalue weighted by molar-refractivity contribution is 5.63. The molecule has 1 aliphatic carbocycles. The second kappa shape index (κ2) is 6.44. The van der Waals surface area contributed by atoms with Gasteiger partial charge in [-0.05, 0) is 38.6 Å². The van der Waals surface area contributed by atoms with Crippen molar-refractivity contribution in [1.82, 2.24) is 15.1 Å². The zero-order valence-corrected chi connectivity index (χ0v) is 13.0. The first-order valence-electron chi connectivity index (χ1n) is 8.13. The van der Waals surface area contributed by atoms with E-state index in [4.69, 9.17) is 5.10 Å². The number of hydrogen-bond acceptors (Lipinski definition) is 2. The predicted molar refractivity (Wildman–Crippen MR) is 87.1 cm³/mol. The molecular formula is C18H25N3. The summed E-state index contributed by atoms with van der Waals surface area (Å²) < 4.78 is 2.25. The molecule has 3 rings (SSSR count). The molecule has 1 unspecified atom stereocenters. The topological polar surface area (TPSA) is 29.9 Å². The van der Waals surface area contributed by atoms with E-state index in [1.807, 2.05) is 6.20 Å². The molecule has 1 atom stereocenters. The van der Waals surface area contributed by atoms with Gasteiger partial charge < -0.3 is 5.32 Å². The van der Waals surface area contributed by atoms with E-state index in [0.29, 0.717) is 6.04 Å². The van der Waals surface area contributed by atoms with Gasteiger partial charge in [0, 0.05) is 17.7 Å². The van der Waals surface area contributed by atoms with E-state index in [-0.39, 0.29) is 0 Å². The second-order valence-corrected chi connectivity index (χ2v) is 6.08. The van der Waals surface area contributed by atoms with Crippen LogP contribution >= 0.6 is 0 Å². The highest BCUT2D eigenvalue weighted by Crippen LogP contribution is 2.41. The molecule has 1 aliphatic rings. The molecule has 1 fully saturated rings. The van der Waals surface area contributed by atoms with Crippen molar-refractivity contribution in [3.63, 3.8) is 0 Å². The van der Waals surface area contributed by atoms with E-state index in [1.54, 1.807) is 0 Å². The van der Waals surface area contributed by atoms with Crippen LogP contribution in [0.15, 0.2) is 36.5 Å². The van der Waals surface area contributed by atoms with Gasteiger partial charge >= 0.3 is 0 Å². The van der Waals surface area contributed by atoms with Crippen LogP contribution in [0.25, 0.3) is 11.3 Å². The molecule has 0 amide bonds. The first-order chi connectivity index (χ1) is 10.3. The molecule has 1 aromatic heterocycles. The quantitative estimate of drug-likeness (QED) is 0.778. The Morgan fingerprint density at radius 2 is 2.05 bits per heavy atom. The molecule has 21 heavy (non-hydrogen) atoms. The number of aromatic nitrogens is 2. The molecule has 0 saturated heterocycles. The highest BCUT2D eigenvalue weighted by Gasteiger charge is 2.31. The maximum Gasteiger partial charge on any atom is 0.0730 e. The number of rotatable bonds is 7. The van der Waals surface area contributed by atoms with Gasteiger partial charge in [0.05, 0.1) is 17.9 Å². The monoisotopic (exact) mass is 283 g/mol. The summed E-state index contributed by atoms with van der Waals surface area (Å²) in [5, 5.41) is 8.21. The third-order valence-electron chi connectivity index (χ3n) is 4.35. The van der Waals surface area contributed by atoms with Crippen LogP contribution in [-0.2, 0) is 6.54 Å². The van der Waals surface area contributed by atoms with Gasteiger partial charge in [-0.25, -0.2) is 0 Å². The Morgan fingerprint density at radius 3 is 2.71 bits per heavy atom. The fraction of sp³-hybridized carbons (Fsp3) is 0.500. The Bertz CT molecular complexity index is 569. The zero-order chi connectivity index (χ0) is 14.7. The molecule has 2 aromatic rings. The summed E-state index contributed by atoms with van der Waals surface area (Å²) in [6.07, 6.45) is 5.90. The lowest BCUT2D eigenvalue weighted by atomic mass is 10.1. The fourth-order valence-electron chi connectivity index (χ4n) is 2.93. The lowest BCUT2D eigenvalue weighted by Crippen LogP contribution is -2.15. The Labute approximate surface area is 127 Å². The molecule has 0 spiro atoms. The summed E-state index contributed by atoms with van der Waals surface area (Å²) in [5.74, 6) is 0.809. The first-order valence-corrected chi connectivity index (χ1v) is 8.13. The molecule has 1 N–H and O–H groups in total. The zero-order valence-electron chi connectivity index (χ0n) is 13.0. The van der Waals surface area contributed by atoms with Crippen LogP contribution in [-0.4, -0.2) is 16.3 Å². The predicted octanol–water partition coefficient (Wildman–Crippen LogP) is 4.02. The number of benzene rings is 1. The first kappa shape index (κ1) is 14.3. The van der Waals surface area contributed by atoms with Crippen molar-refractivity contribution in [2.45, 2.75) is 45.7 Å². The summed E-state index contributed by atoms with van der Waals surface area (Å²) in [6, 6.07) is 11.2. The van der Waals surface area contributed by atoms with Gasteiger partial charge in [0.15, 0.2) is 0 Å². The standard InChI is InChI=1S/C18H25N3/c1-3-11-19-12-17-13-20-21(14(2)15-9-10-15)18(17)16-7-5-4-6-8-16/h4-8,13-15,19H,3,9-12H2,1-2H3. The van der Waals surface area contributed by atoms with Gasteiger partial charge in [0.1, 0.15) is 0 Å². The summed E-state index contributed by atoms with van der Waals surface area (Å²) in [4.78, 5) is 0. The molecule has 3 heteroatoms. The van der Waals surface area contributed by atoms with Crippen LogP contribution in [0.3, 0.4) is 0 Å². The molecule has 1 aromatic carbocycles. The van der Waals surface area contributed by atoms with Gasteiger partial charge in [-0.3, -0.25) is 4.68 Å². The normalized spacial score (nSPS) is 16.1. The van der Waals surface area contributed by atoms with Crippen molar-refractivity contribution in [1.29, 1.82) is 0 Å². The number of hydrogen-bond donors (Lipinski definition) is 1. The molecule has 0 bridgehead atoms. The summed E-state index contributed by atoms with van der Waals surface area (Å²) >= 11 is 0. The third kappa shape index (κ3) is 3.18. The van der Waals surface area contributed by atoms with E-state index >= 15 is 0 Å². The second-order valence-electron chi connectivity index (χ2n) is 6.08. The average Bonchev–Trinajstić information content (AvgIpc) is 3.28. The van der Waals surface area contributed by atoms with Crippen LogP contribution in [0.4, 0.5) is 0 Å². The number of nitrogens with zero attached hydrogens (tertiary/aromatic N) is 2. The molecule has 0 aliphatic heterocycles. The fourth-order valence-corrected chi connectivity index (χ4v) is 2.93. The summed E-state index contributed by atoms with van der Waals surface area (Å²) in [7, 11) is 0. The minimum absolute atomic E-state index is 0.500. The third-order valence-corrected chi connectivity index (χ3v) is 4.35. The van der Waals surface area contributed by atoms with Gasteiger partial charge in [-0.15, -0.1) is 0 Å². The summed E-state index contributed by atoms with van der Waals surface area (Å²) in [5.41, 5.74) is 3.87. The van der Waals surface area contributed by atoms with Crippen LogP contribution < -0.4 is 5.32 Å². The van der Waals surface area contributed by atoms with Crippen molar-refractivity contribution < 1.29 is 0 Å². The minimum Gasteiger partial charge on any atom is -0.313 e. The lowest BCUT2D eigenvalue weighted by Gasteiger charge is -2.16. The van der Waals surface area contributed by atoms with E-state index < -0.39 is 0 Å². The maximum atomic E-state index is 4.71. The molecule has 0 radical (unpaired) electrons. The van der Waals surface area contributed by atoms with Crippen molar-refractivity contribution in [2.75, 3.05) is 6.54 Å². The number of nitrogens with one attached hydrogen (secondary N) is 1. The maximum absolute atomic E-state index is 4.71. The Hall–Kier alpha value is -1.61. The van der Waals surface area contributed by atoms with Crippen molar-refractivity contribution >= 4 is 0 Å². The molecular weight excluding hydrogens is 258 g/mol. The molecule has 112 valence electrons. The van der Waals surface area contributed by atoms with Gasteiger partial charge in [-0.1, -0.05) is 37.3 Å². The largest absolute Gasteiger partial charge is 0.313 e. The van der Waals surface area contributed by atoms with Crippen molar-refractivity contribution in [3.05, 3.63) is 42.1 Å². The van der Waals surface area contributed by atoms with Crippen LogP contribution in [0.5, 0.6) is 0 Å². The molecule has 1 heterocycles. The van der Waals surface area contributed by atoms with E-state index in [9.17, 15) is 0 Å². The SMILES string of the molecule is CCCNCc1cnn(C(C)C2CC2)c1-c1ccccc1. The smallest absolute Gasteiger partial charge is 0.0730 e. The van der Waals surface area contributed by atoms with Gasteiger partial charge in [-0.2, -0.15) is 5.10 Å². The average molecular weight is 283 g/mol. The highest BCUT2D eigenvalue weighted by atomic mass is 15.3. The molecule has 1 saturated carbocycles.